The van der Waals surface area contributed by atoms with Crippen molar-refractivity contribution in [2.75, 3.05) is 12.5 Å². The predicted molar refractivity (Wildman–Crippen MR) is 82.4 cm³/mol. The van der Waals surface area contributed by atoms with Gasteiger partial charge >= 0.3 is 0 Å². The maximum absolute atomic E-state index is 10.8. The van der Waals surface area contributed by atoms with Crippen molar-refractivity contribution in [2.45, 2.75) is 10.1 Å². The predicted octanol–water partition coefficient (Wildman–Crippen LogP) is 2.97. The number of hydrogen-bond donors (Lipinski definition) is 0. The van der Waals surface area contributed by atoms with Gasteiger partial charge in [-0.15, -0.1) is 0 Å². The lowest BCUT2D eigenvalue weighted by atomic mass is 10.5. The van der Waals surface area contributed by atoms with Crippen LogP contribution in [0.4, 0.5) is 5.82 Å². The second-order valence-electron chi connectivity index (χ2n) is 4.06. The van der Waals surface area contributed by atoms with E-state index in [2.05, 4.69) is 19.3 Å². The van der Waals surface area contributed by atoms with Gasteiger partial charge in [0.15, 0.2) is 11.1 Å². The van der Waals surface area contributed by atoms with E-state index in [1.54, 1.807) is 24.8 Å². The molecule has 0 spiro atoms. The van der Waals surface area contributed by atoms with Crippen molar-refractivity contribution in [3.8, 4) is 0 Å². The number of carbonyl (C=O) groups excluding carboxylic acids is 1. The van der Waals surface area contributed by atoms with Gasteiger partial charge in [-0.05, 0) is 36.4 Å². The van der Waals surface area contributed by atoms with E-state index in [0.29, 0.717) is 16.0 Å². The zero-order chi connectivity index (χ0) is 14.6. The molecule has 0 aliphatic carbocycles. The second-order valence-corrected chi connectivity index (χ2v) is 8.38. The van der Waals surface area contributed by atoms with E-state index >= 15 is 0 Å². The molecular formula is C12H11ClN4OS2. The molecule has 2 aromatic heterocycles. The van der Waals surface area contributed by atoms with Gasteiger partial charge in [0.2, 0.25) is 0 Å². The molecule has 0 fully saturated rings. The van der Waals surface area contributed by atoms with Crippen LogP contribution in [0.15, 0.2) is 45.0 Å². The molecule has 20 heavy (non-hydrogen) atoms. The Morgan fingerprint density at radius 1 is 1.25 bits per heavy atom. The van der Waals surface area contributed by atoms with Crippen molar-refractivity contribution >= 4 is 43.8 Å². The summed E-state index contributed by atoms with van der Waals surface area (Å²) in [6.07, 6.45) is 6.57. The molecule has 0 bridgehead atoms. The Hall–Kier alpha value is -1.40. The zero-order valence-electron chi connectivity index (χ0n) is 10.8. The highest BCUT2D eigenvalue weighted by molar-refractivity contribution is 8.01. The van der Waals surface area contributed by atoms with E-state index in [-0.39, 0.29) is 0 Å². The Kier molecular flexibility index (Phi) is 4.77. The molecule has 0 aliphatic heterocycles. The normalized spacial score (nSPS) is 10.9. The highest BCUT2D eigenvalue weighted by Crippen LogP contribution is 2.25. The van der Waals surface area contributed by atoms with E-state index < -0.39 is 9.41 Å². The molecule has 2 heterocycles. The Morgan fingerprint density at radius 2 is 2.05 bits per heavy atom. The summed E-state index contributed by atoms with van der Waals surface area (Å²) in [7, 11) is -1.77. The first kappa shape index (κ1) is 15.0. The molecule has 0 aromatic carbocycles. The third-order valence-corrected chi connectivity index (χ3v) is 4.14. The van der Waals surface area contributed by atoms with Gasteiger partial charge in [-0.1, -0.05) is 27.1 Å². The van der Waals surface area contributed by atoms with Crippen LogP contribution in [0, 0.1) is 0 Å². The Morgan fingerprint density at radius 3 is 2.70 bits per heavy atom. The minimum absolute atomic E-state index is 0.345. The monoisotopic (exact) mass is 326 g/mol. The summed E-state index contributed by atoms with van der Waals surface area (Å²) in [6, 6.07) is 5.43. The van der Waals surface area contributed by atoms with Gasteiger partial charge in [-0.3, -0.25) is 0 Å². The highest BCUT2D eigenvalue weighted by atomic mass is 35.5. The fourth-order valence-electron chi connectivity index (χ4n) is 1.22. The summed E-state index contributed by atoms with van der Waals surface area (Å²) in [6.45, 7) is 0. The summed E-state index contributed by atoms with van der Waals surface area (Å²) in [5.41, 5.74) is 0. The summed E-state index contributed by atoms with van der Waals surface area (Å²) in [4.78, 5) is 23.2. The Bertz CT molecular complexity index is 755. The van der Waals surface area contributed by atoms with E-state index in [9.17, 15) is 4.79 Å². The third-order valence-electron chi connectivity index (χ3n) is 2.04. The van der Waals surface area contributed by atoms with Gasteiger partial charge in [0.05, 0.1) is 12.4 Å². The van der Waals surface area contributed by atoms with Crippen LogP contribution in [0.5, 0.6) is 0 Å². The quantitative estimate of drug-likeness (QED) is 0.811. The minimum atomic E-state index is -1.77. The molecule has 0 radical (unpaired) electrons. The molecule has 0 atom stereocenters. The number of nitrogens with zero attached hydrogens (tertiary/aromatic N) is 4. The van der Waals surface area contributed by atoms with Crippen molar-refractivity contribution in [3.63, 3.8) is 0 Å². The zero-order valence-corrected chi connectivity index (χ0v) is 13.2. The van der Waals surface area contributed by atoms with E-state index in [1.165, 1.54) is 18.0 Å². The van der Waals surface area contributed by atoms with Crippen molar-refractivity contribution in [1.82, 2.24) is 15.0 Å². The highest BCUT2D eigenvalue weighted by Gasteiger charge is 2.03. The fraction of sp³-hybridized carbons (Fsp3) is 0.167. The topological polar surface area (TPSA) is 68.1 Å². The standard InChI is InChI=1S/C12H11ClN4OS2/c1-20(2,8-18)17-10-4-3-5-11(16-10)19-12-7-14-9(13)6-15-12/h3-7H,1-2H3. The smallest absolute Gasteiger partial charge is 0.166 e. The van der Waals surface area contributed by atoms with Crippen molar-refractivity contribution in [3.05, 3.63) is 35.7 Å². The first-order valence-electron chi connectivity index (χ1n) is 5.46. The molecule has 104 valence electrons. The van der Waals surface area contributed by atoms with E-state index in [1.807, 2.05) is 17.4 Å². The summed E-state index contributed by atoms with van der Waals surface area (Å²) >= 11 is 7.03. The van der Waals surface area contributed by atoms with Gasteiger partial charge in [-0.25, -0.2) is 24.1 Å². The van der Waals surface area contributed by atoms with Gasteiger partial charge in [0, 0.05) is 0 Å². The van der Waals surface area contributed by atoms with Crippen molar-refractivity contribution < 1.29 is 4.79 Å². The van der Waals surface area contributed by atoms with Crippen molar-refractivity contribution in [2.24, 2.45) is 4.36 Å². The molecular weight excluding hydrogens is 316 g/mol. The fourth-order valence-corrected chi connectivity index (χ4v) is 2.64. The average molecular weight is 327 g/mol. The Balaban J connectivity index is 2.29. The molecule has 0 unspecified atom stereocenters. The lowest BCUT2D eigenvalue weighted by molar-refractivity contribution is 0.571. The molecule has 0 saturated heterocycles. The number of pyridine rings is 1. The van der Waals surface area contributed by atoms with Crippen LogP contribution in [0.3, 0.4) is 0 Å². The lowest BCUT2D eigenvalue weighted by Gasteiger charge is -2.02. The lowest BCUT2D eigenvalue weighted by Crippen LogP contribution is -1.92. The largest absolute Gasteiger partial charge is 0.245 e. The maximum Gasteiger partial charge on any atom is 0.166 e. The molecule has 5 nitrogen and oxygen atoms in total. The number of hydrogen-bond acceptors (Lipinski definition) is 6. The molecule has 0 aliphatic rings. The van der Waals surface area contributed by atoms with E-state index in [0.717, 1.165) is 5.03 Å². The van der Waals surface area contributed by atoms with E-state index in [4.69, 9.17) is 11.6 Å². The van der Waals surface area contributed by atoms with Gasteiger partial charge in [0.1, 0.15) is 15.2 Å². The first-order chi connectivity index (χ1) is 9.48. The summed E-state index contributed by atoms with van der Waals surface area (Å²) in [5, 5.41) is 3.71. The summed E-state index contributed by atoms with van der Waals surface area (Å²) in [5.74, 6) is 0.514. The Labute approximate surface area is 126 Å². The molecule has 2 aromatic rings. The van der Waals surface area contributed by atoms with Crippen LogP contribution in [-0.2, 0) is 14.2 Å². The van der Waals surface area contributed by atoms with Gasteiger partial charge in [-0.2, -0.15) is 0 Å². The van der Waals surface area contributed by atoms with Gasteiger partial charge in [0.25, 0.3) is 0 Å². The first-order valence-corrected chi connectivity index (χ1v) is 9.06. The van der Waals surface area contributed by atoms with Crippen LogP contribution in [-0.4, -0.2) is 32.7 Å². The molecule has 0 saturated carbocycles. The SMILES string of the molecule is CS(C)(=C=O)=Nc1cccc(Sc2cnc(Cl)cn2)n1. The minimum Gasteiger partial charge on any atom is -0.245 e. The summed E-state index contributed by atoms with van der Waals surface area (Å²) < 4.78 is 4.30. The number of halogens is 1. The second kappa shape index (κ2) is 6.37. The van der Waals surface area contributed by atoms with Crippen LogP contribution in [0.25, 0.3) is 0 Å². The van der Waals surface area contributed by atoms with Crippen LogP contribution < -0.4 is 0 Å². The molecule has 0 amide bonds. The number of aromatic nitrogens is 3. The van der Waals surface area contributed by atoms with Crippen LogP contribution in [0.1, 0.15) is 0 Å². The molecule has 0 N–H and O–H groups in total. The number of rotatable bonds is 3. The molecule has 8 heteroatoms. The average Bonchev–Trinajstić information content (AvgIpc) is 2.41. The third kappa shape index (κ3) is 4.31. The van der Waals surface area contributed by atoms with Crippen LogP contribution >= 0.6 is 23.4 Å². The molecule has 2 rings (SSSR count). The maximum atomic E-state index is 10.8. The van der Waals surface area contributed by atoms with Crippen LogP contribution in [0.2, 0.25) is 5.15 Å². The van der Waals surface area contributed by atoms with Crippen molar-refractivity contribution in [1.29, 1.82) is 0 Å². The van der Waals surface area contributed by atoms with Gasteiger partial charge < -0.3 is 0 Å².